The van der Waals surface area contributed by atoms with Crippen LogP contribution >= 0.6 is 23.2 Å². The van der Waals surface area contributed by atoms with E-state index in [1.807, 2.05) is 0 Å². The van der Waals surface area contributed by atoms with Crippen LogP contribution in [0.15, 0.2) is 58.5 Å². The number of phenols is 1. The van der Waals surface area contributed by atoms with Crippen LogP contribution in [0.1, 0.15) is 23.1 Å². The molecule has 1 saturated heterocycles. The maximum atomic E-state index is 13.1. The first-order valence-corrected chi connectivity index (χ1v) is 10.2. The summed E-state index contributed by atoms with van der Waals surface area (Å²) in [7, 11) is 1.39. The fraction of sp³-hybridized carbons (Fsp3) is 0.130. The van der Waals surface area contributed by atoms with Crippen molar-refractivity contribution in [1.29, 1.82) is 0 Å². The molecule has 0 spiro atoms. The molecule has 164 valence electrons. The molecule has 32 heavy (non-hydrogen) atoms. The summed E-state index contributed by atoms with van der Waals surface area (Å²) < 4.78 is 10.8. The molecule has 4 rings (SSSR count). The van der Waals surface area contributed by atoms with E-state index in [9.17, 15) is 19.8 Å². The molecular formula is C23H17Cl2NO6. The third-order valence-electron chi connectivity index (χ3n) is 5.09. The topological polar surface area (TPSA) is 100 Å². The number of halogens is 2. The summed E-state index contributed by atoms with van der Waals surface area (Å²) in [5.74, 6) is -1.61. The van der Waals surface area contributed by atoms with Crippen LogP contribution in [0.3, 0.4) is 0 Å². The number of Topliss-reactive ketones (excluding diaryl/α,β-unsaturated/α-hetero) is 1. The first kappa shape index (κ1) is 21.8. The molecule has 1 aromatic heterocycles. The van der Waals surface area contributed by atoms with Crippen LogP contribution in [0, 0.1) is 6.92 Å². The minimum absolute atomic E-state index is 0.0958. The second-order valence-corrected chi connectivity index (χ2v) is 7.89. The maximum Gasteiger partial charge on any atom is 0.300 e. The second-order valence-electron chi connectivity index (χ2n) is 7.08. The smallest absolute Gasteiger partial charge is 0.300 e. The van der Waals surface area contributed by atoms with E-state index in [1.165, 1.54) is 31.4 Å². The Kier molecular flexibility index (Phi) is 5.62. The molecule has 1 unspecified atom stereocenters. The van der Waals surface area contributed by atoms with Gasteiger partial charge in [0.2, 0.25) is 0 Å². The van der Waals surface area contributed by atoms with Crippen LogP contribution < -0.4 is 9.64 Å². The molecule has 0 aliphatic carbocycles. The summed E-state index contributed by atoms with van der Waals surface area (Å²) in [6.45, 7) is 1.71. The molecule has 1 atom stereocenters. The van der Waals surface area contributed by atoms with Gasteiger partial charge in [0.15, 0.2) is 5.75 Å². The highest BCUT2D eigenvalue weighted by molar-refractivity contribution is 6.52. The van der Waals surface area contributed by atoms with Crippen molar-refractivity contribution in [3.8, 4) is 11.5 Å². The molecule has 1 aliphatic heterocycles. The number of aliphatic hydroxyl groups is 1. The maximum absolute atomic E-state index is 13.1. The average Bonchev–Trinajstić information content (AvgIpc) is 3.29. The molecule has 1 aliphatic rings. The molecule has 2 aromatic carbocycles. The number of aliphatic hydroxyl groups excluding tert-OH is 1. The zero-order valence-corrected chi connectivity index (χ0v) is 18.4. The standard InChI is InChI=1S/C23H17Cl2NO6/c1-11-7-8-17(32-11)19-18(20(28)12-9-13(24)22(31-2)14(25)10-12)21(29)23(30)26(19)15-5-3-4-6-16(15)27/h3-10,19,27-28H,1-2H3/b20-18-. The van der Waals surface area contributed by atoms with Crippen molar-refractivity contribution >= 4 is 46.3 Å². The minimum Gasteiger partial charge on any atom is -0.507 e. The number of furan rings is 1. The van der Waals surface area contributed by atoms with Crippen molar-refractivity contribution in [1.82, 2.24) is 0 Å². The van der Waals surface area contributed by atoms with Crippen molar-refractivity contribution in [3.05, 3.63) is 81.2 Å². The van der Waals surface area contributed by atoms with Gasteiger partial charge in [-0.15, -0.1) is 0 Å². The van der Waals surface area contributed by atoms with Gasteiger partial charge in [-0.05, 0) is 43.3 Å². The number of hydrogen-bond acceptors (Lipinski definition) is 6. The van der Waals surface area contributed by atoms with Crippen molar-refractivity contribution in [3.63, 3.8) is 0 Å². The van der Waals surface area contributed by atoms with Crippen molar-refractivity contribution in [2.75, 3.05) is 12.0 Å². The monoisotopic (exact) mass is 473 g/mol. The fourth-order valence-electron chi connectivity index (χ4n) is 3.67. The molecule has 2 N–H and O–H groups in total. The van der Waals surface area contributed by atoms with Crippen molar-refractivity contribution in [2.45, 2.75) is 13.0 Å². The fourth-order valence-corrected chi connectivity index (χ4v) is 4.31. The van der Waals surface area contributed by atoms with Gasteiger partial charge in [0.1, 0.15) is 29.1 Å². The van der Waals surface area contributed by atoms with Crippen LogP contribution in [-0.4, -0.2) is 29.0 Å². The number of carbonyl (C=O) groups excluding carboxylic acids is 2. The molecule has 7 nitrogen and oxygen atoms in total. The zero-order valence-electron chi connectivity index (χ0n) is 16.9. The number of rotatable bonds is 4. The van der Waals surface area contributed by atoms with E-state index in [-0.39, 0.29) is 44.1 Å². The highest BCUT2D eigenvalue weighted by atomic mass is 35.5. The highest BCUT2D eigenvalue weighted by Gasteiger charge is 2.49. The molecule has 0 bridgehead atoms. The van der Waals surface area contributed by atoms with Crippen LogP contribution in [-0.2, 0) is 9.59 Å². The Morgan fingerprint density at radius 1 is 1.09 bits per heavy atom. The van der Waals surface area contributed by atoms with Gasteiger partial charge in [-0.2, -0.15) is 0 Å². The number of amides is 1. The van der Waals surface area contributed by atoms with E-state index < -0.39 is 23.5 Å². The Hall–Kier alpha value is -3.42. The number of anilines is 1. The van der Waals surface area contributed by atoms with Crippen molar-refractivity contribution < 1.29 is 29.0 Å². The average molecular weight is 474 g/mol. The van der Waals surface area contributed by atoms with Gasteiger partial charge in [-0.1, -0.05) is 35.3 Å². The second kappa shape index (κ2) is 8.26. The molecule has 0 radical (unpaired) electrons. The number of hydrogen-bond donors (Lipinski definition) is 2. The van der Waals surface area contributed by atoms with Crippen LogP contribution in [0.25, 0.3) is 5.76 Å². The van der Waals surface area contributed by atoms with Gasteiger partial charge in [0.25, 0.3) is 11.7 Å². The van der Waals surface area contributed by atoms with Crippen LogP contribution in [0.5, 0.6) is 11.5 Å². The molecular weight excluding hydrogens is 457 g/mol. The summed E-state index contributed by atoms with van der Waals surface area (Å²) in [5.41, 5.74) is -0.0206. The summed E-state index contributed by atoms with van der Waals surface area (Å²) in [5, 5.41) is 21.7. The van der Waals surface area contributed by atoms with E-state index in [2.05, 4.69) is 0 Å². The van der Waals surface area contributed by atoms with Gasteiger partial charge >= 0.3 is 0 Å². The highest BCUT2D eigenvalue weighted by Crippen LogP contribution is 2.46. The first-order valence-electron chi connectivity index (χ1n) is 9.43. The van der Waals surface area contributed by atoms with E-state index in [0.29, 0.717) is 5.76 Å². The van der Waals surface area contributed by atoms with E-state index in [1.54, 1.807) is 31.2 Å². The van der Waals surface area contributed by atoms with Gasteiger partial charge in [0.05, 0.1) is 28.4 Å². The SMILES string of the molecule is COc1c(Cl)cc(/C(O)=C2/C(=O)C(=O)N(c3ccccc3O)C2c2ccc(C)o2)cc1Cl. The third-order valence-corrected chi connectivity index (χ3v) is 5.65. The molecule has 1 amide bonds. The van der Waals surface area contributed by atoms with E-state index in [4.69, 9.17) is 32.4 Å². The summed E-state index contributed by atoms with van der Waals surface area (Å²) in [6, 6.07) is 11.0. The number of para-hydroxylation sites is 2. The van der Waals surface area contributed by atoms with Gasteiger partial charge < -0.3 is 19.4 Å². The normalized spacial score (nSPS) is 17.8. The summed E-state index contributed by atoms with van der Waals surface area (Å²) in [6.07, 6.45) is 0. The molecule has 0 saturated carbocycles. The number of carbonyl (C=O) groups is 2. The lowest BCUT2D eigenvalue weighted by Gasteiger charge is -2.24. The van der Waals surface area contributed by atoms with Crippen LogP contribution in [0.2, 0.25) is 10.0 Å². The predicted molar refractivity (Wildman–Crippen MR) is 119 cm³/mol. The minimum atomic E-state index is -1.13. The molecule has 2 heterocycles. The van der Waals surface area contributed by atoms with E-state index in [0.717, 1.165) is 4.90 Å². The quantitative estimate of drug-likeness (QED) is 0.305. The Balaban J connectivity index is 1.97. The lowest BCUT2D eigenvalue weighted by Crippen LogP contribution is -2.29. The van der Waals surface area contributed by atoms with Gasteiger partial charge in [-0.3, -0.25) is 14.5 Å². The molecule has 9 heteroatoms. The van der Waals surface area contributed by atoms with Gasteiger partial charge in [0, 0.05) is 5.56 Å². The zero-order chi connectivity index (χ0) is 23.2. The lowest BCUT2D eigenvalue weighted by atomic mass is 9.99. The number of nitrogens with zero attached hydrogens (tertiary/aromatic N) is 1. The Morgan fingerprint density at radius 3 is 2.31 bits per heavy atom. The number of aromatic hydroxyl groups is 1. The Morgan fingerprint density at radius 2 is 1.75 bits per heavy atom. The summed E-state index contributed by atoms with van der Waals surface area (Å²) in [4.78, 5) is 27.2. The summed E-state index contributed by atoms with van der Waals surface area (Å²) >= 11 is 12.4. The van der Waals surface area contributed by atoms with Crippen LogP contribution in [0.4, 0.5) is 5.69 Å². The molecule has 3 aromatic rings. The first-order chi connectivity index (χ1) is 15.2. The largest absolute Gasteiger partial charge is 0.507 e. The third kappa shape index (κ3) is 3.49. The number of ether oxygens (including phenoxy) is 1. The molecule has 1 fully saturated rings. The number of aryl methyl sites for hydroxylation is 1. The number of methoxy groups -OCH3 is 1. The predicted octanol–water partition coefficient (Wildman–Crippen LogP) is 5.24. The Labute approximate surface area is 193 Å². The Bertz CT molecular complexity index is 1260. The van der Waals surface area contributed by atoms with Crippen molar-refractivity contribution in [2.24, 2.45) is 0 Å². The lowest BCUT2D eigenvalue weighted by molar-refractivity contribution is -0.132. The number of ketones is 1. The van der Waals surface area contributed by atoms with E-state index >= 15 is 0 Å². The number of phenolic OH excluding ortho intramolecular Hbond substituents is 1. The van der Waals surface area contributed by atoms with Gasteiger partial charge in [-0.25, -0.2) is 0 Å². The number of benzene rings is 2.